The molecule has 7 heteroatoms. The molecule has 1 aliphatic heterocycles. The van der Waals surface area contributed by atoms with Gasteiger partial charge in [0.05, 0.1) is 12.5 Å². The van der Waals surface area contributed by atoms with Crippen molar-refractivity contribution in [3.8, 4) is 5.75 Å². The van der Waals surface area contributed by atoms with Gasteiger partial charge in [-0.3, -0.25) is 4.79 Å². The molecule has 0 atom stereocenters. The predicted molar refractivity (Wildman–Crippen MR) is 111 cm³/mol. The number of hydrogen-bond acceptors (Lipinski definition) is 6. The van der Waals surface area contributed by atoms with E-state index in [-0.39, 0.29) is 5.91 Å². The highest BCUT2D eigenvalue weighted by Gasteiger charge is 2.27. The number of carbonyl (C=O) groups excluding carboxylic acids is 1. The van der Waals surface area contributed by atoms with Crippen molar-refractivity contribution >= 4 is 33.3 Å². The number of methoxy groups -OCH3 is 1. The van der Waals surface area contributed by atoms with Gasteiger partial charge in [-0.1, -0.05) is 0 Å². The summed E-state index contributed by atoms with van der Waals surface area (Å²) in [6, 6.07) is 7.32. The highest BCUT2D eigenvalue weighted by atomic mass is 32.1. The summed E-state index contributed by atoms with van der Waals surface area (Å²) in [5.41, 5.74) is 2.15. The molecule has 2 aromatic heterocycles. The zero-order valence-corrected chi connectivity index (χ0v) is 16.7. The van der Waals surface area contributed by atoms with Crippen LogP contribution in [0.25, 0.3) is 10.2 Å². The van der Waals surface area contributed by atoms with Crippen molar-refractivity contribution < 1.29 is 9.53 Å². The molecule has 144 valence electrons. The van der Waals surface area contributed by atoms with E-state index in [0.29, 0.717) is 18.7 Å². The minimum atomic E-state index is 0.0755. The number of aromatic nitrogens is 2. The lowest BCUT2D eigenvalue weighted by Gasteiger charge is -2.35. The van der Waals surface area contributed by atoms with E-state index in [1.807, 2.05) is 40.5 Å². The van der Waals surface area contributed by atoms with Crippen molar-refractivity contribution in [1.29, 1.82) is 0 Å². The number of thiophene rings is 1. The van der Waals surface area contributed by atoms with Gasteiger partial charge in [-0.2, -0.15) is 0 Å². The molecular weight excluding hydrogens is 372 g/mol. The summed E-state index contributed by atoms with van der Waals surface area (Å²) in [4.78, 5) is 28.8. The maximum Gasteiger partial charge on any atom is 0.253 e. The summed E-state index contributed by atoms with van der Waals surface area (Å²) in [7, 11) is 1.63. The zero-order valence-electron chi connectivity index (χ0n) is 15.9. The van der Waals surface area contributed by atoms with Crippen molar-refractivity contribution in [3.63, 3.8) is 0 Å². The Bertz CT molecular complexity index is 1020. The SMILES string of the molecule is COc1ccc(C(=O)N2CCN(c3ncnc4sc5c(c34)CCC5)CC2)cc1. The van der Waals surface area contributed by atoms with Crippen LogP contribution in [-0.4, -0.2) is 54.1 Å². The van der Waals surface area contributed by atoms with Crippen LogP contribution in [0.15, 0.2) is 30.6 Å². The maximum absolute atomic E-state index is 12.8. The largest absolute Gasteiger partial charge is 0.497 e. The monoisotopic (exact) mass is 394 g/mol. The van der Waals surface area contributed by atoms with Gasteiger partial charge in [0, 0.05) is 36.6 Å². The van der Waals surface area contributed by atoms with Crippen LogP contribution in [0.2, 0.25) is 0 Å². The van der Waals surface area contributed by atoms with Crippen molar-refractivity contribution in [2.75, 3.05) is 38.2 Å². The Labute approximate surface area is 167 Å². The van der Waals surface area contributed by atoms with Crippen molar-refractivity contribution in [2.24, 2.45) is 0 Å². The summed E-state index contributed by atoms with van der Waals surface area (Å²) in [6.45, 7) is 2.97. The Balaban J connectivity index is 1.33. The third-order valence-corrected chi connectivity index (χ3v) is 6.88. The third-order valence-electron chi connectivity index (χ3n) is 5.68. The summed E-state index contributed by atoms with van der Waals surface area (Å²) >= 11 is 1.82. The molecule has 0 N–H and O–H groups in total. The standard InChI is InChI=1S/C21H22N4O2S/c1-27-15-7-5-14(6-8-15)21(26)25-11-9-24(10-12-25)19-18-16-3-2-4-17(16)28-20(18)23-13-22-19/h5-8,13H,2-4,9-12H2,1H3. The van der Waals surface area contributed by atoms with E-state index in [1.165, 1.54) is 28.7 Å². The van der Waals surface area contributed by atoms with Crippen LogP contribution in [0.4, 0.5) is 5.82 Å². The third kappa shape index (κ3) is 2.90. The molecule has 0 spiro atoms. The lowest BCUT2D eigenvalue weighted by Crippen LogP contribution is -2.49. The number of benzene rings is 1. The lowest BCUT2D eigenvalue weighted by atomic mass is 10.1. The Morgan fingerprint density at radius 3 is 2.61 bits per heavy atom. The quantitative estimate of drug-likeness (QED) is 0.683. The molecule has 1 aliphatic carbocycles. The minimum Gasteiger partial charge on any atom is -0.497 e. The number of aryl methyl sites for hydroxylation is 2. The van der Waals surface area contributed by atoms with E-state index in [1.54, 1.807) is 13.4 Å². The van der Waals surface area contributed by atoms with Crippen LogP contribution in [0.3, 0.4) is 0 Å². The molecule has 1 amide bonds. The number of amides is 1. The second-order valence-electron chi connectivity index (χ2n) is 7.24. The summed E-state index contributed by atoms with van der Waals surface area (Å²) < 4.78 is 5.17. The van der Waals surface area contributed by atoms with Gasteiger partial charge in [-0.15, -0.1) is 11.3 Å². The molecule has 1 saturated heterocycles. The van der Waals surface area contributed by atoms with Crippen LogP contribution < -0.4 is 9.64 Å². The van der Waals surface area contributed by atoms with Crippen LogP contribution in [0, 0.1) is 0 Å². The number of rotatable bonds is 3. The van der Waals surface area contributed by atoms with E-state index >= 15 is 0 Å². The zero-order chi connectivity index (χ0) is 19.1. The number of piperazine rings is 1. The Morgan fingerprint density at radius 1 is 1.07 bits per heavy atom. The number of nitrogens with zero attached hydrogens (tertiary/aromatic N) is 4. The summed E-state index contributed by atoms with van der Waals surface area (Å²) in [5.74, 6) is 1.88. The molecule has 3 heterocycles. The van der Waals surface area contributed by atoms with Gasteiger partial charge >= 0.3 is 0 Å². The first-order valence-electron chi connectivity index (χ1n) is 9.68. The minimum absolute atomic E-state index is 0.0755. The summed E-state index contributed by atoms with van der Waals surface area (Å²) in [5, 5.41) is 1.25. The fourth-order valence-electron chi connectivity index (χ4n) is 4.19. The smallest absolute Gasteiger partial charge is 0.253 e. The fraction of sp³-hybridized carbons (Fsp3) is 0.381. The second-order valence-corrected chi connectivity index (χ2v) is 8.33. The van der Waals surface area contributed by atoms with E-state index in [9.17, 15) is 4.79 Å². The number of carbonyl (C=O) groups is 1. The molecule has 0 bridgehead atoms. The van der Waals surface area contributed by atoms with Gasteiger partial charge in [0.1, 0.15) is 22.7 Å². The van der Waals surface area contributed by atoms with Gasteiger partial charge in [0.15, 0.2) is 0 Å². The molecular formula is C21H22N4O2S. The van der Waals surface area contributed by atoms with E-state index in [2.05, 4.69) is 14.9 Å². The average Bonchev–Trinajstić information content (AvgIpc) is 3.34. The summed E-state index contributed by atoms with van der Waals surface area (Å²) in [6.07, 6.45) is 5.21. The van der Waals surface area contributed by atoms with E-state index in [0.717, 1.165) is 35.9 Å². The van der Waals surface area contributed by atoms with E-state index in [4.69, 9.17) is 4.74 Å². The van der Waals surface area contributed by atoms with Gasteiger partial charge in [-0.25, -0.2) is 9.97 Å². The maximum atomic E-state index is 12.8. The van der Waals surface area contributed by atoms with Crippen LogP contribution in [0.5, 0.6) is 5.75 Å². The first-order chi connectivity index (χ1) is 13.7. The second kappa shape index (κ2) is 7.05. The van der Waals surface area contributed by atoms with Crippen molar-refractivity contribution in [3.05, 3.63) is 46.6 Å². The normalized spacial score (nSPS) is 16.5. The molecule has 0 saturated carbocycles. The van der Waals surface area contributed by atoms with Crippen molar-refractivity contribution in [2.45, 2.75) is 19.3 Å². The van der Waals surface area contributed by atoms with Crippen molar-refractivity contribution in [1.82, 2.24) is 14.9 Å². The number of hydrogen-bond donors (Lipinski definition) is 0. The molecule has 5 rings (SSSR count). The van der Waals surface area contributed by atoms with Gasteiger partial charge in [-0.05, 0) is 49.1 Å². The first-order valence-corrected chi connectivity index (χ1v) is 10.5. The highest BCUT2D eigenvalue weighted by Crippen LogP contribution is 2.40. The highest BCUT2D eigenvalue weighted by molar-refractivity contribution is 7.19. The number of anilines is 1. The molecule has 3 aromatic rings. The molecule has 6 nitrogen and oxygen atoms in total. The predicted octanol–water partition coefficient (Wildman–Crippen LogP) is 3.15. The number of fused-ring (bicyclic) bond motifs is 3. The first kappa shape index (κ1) is 17.4. The Morgan fingerprint density at radius 2 is 1.86 bits per heavy atom. The van der Waals surface area contributed by atoms with Crippen LogP contribution in [0.1, 0.15) is 27.2 Å². The molecule has 28 heavy (non-hydrogen) atoms. The topological polar surface area (TPSA) is 58.6 Å². The average molecular weight is 395 g/mol. The molecule has 2 aliphatic rings. The van der Waals surface area contributed by atoms with E-state index < -0.39 is 0 Å². The Kier molecular flexibility index (Phi) is 4.39. The van der Waals surface area contributed by atoms with Gasteiger partial charge in [0.25, 0.3) is 5.91 Å². The van der Waals surface area contributed by atoms with Gasteiger partial charge in [0.2, 0.25) is 0 Å². The molecule has 1 aromatic carbocycles. The molecule has 0 unspecified atom stereocenters. The van der Waals surface area contributed by atoms with Crippen LogP contribution in [-0.2, 0) is 12.8 Å². The lowest BCUT2D eigenvalue weighted by molar-refractivity contribution is 0.0746. The fourth-order valence-corrected chi connectivity index (χ4v) is 5.41. The molecule has 0 radical (unpaired) electrons. The van der Waals surface area contributed by atoms with Crippen LogP contribution >= 0.6 is 11.3 Å². The number of ether oxygens (including phenoxy) is 1. The Hall–Kier alpha value is -2.67. The van der Waals surface area contributed by atoms with Gasteiger partial charge < -0.3 is 14.5 Å². The molecule has 1 fully saturated rings.